The number of carboxylic acid groups (broad SMARTS) is 1. The van der Waals surface area contributed by atoms with Crippen molar-refractivity contribution < 1.29 is 19.4 Å². The predicted molar refractivity (Wildman–Crippen MR) is 40.8 cm³/mol. The average Bonchev–Trinajstić information content (AvgIpc) is 1.88. The quantitative estimate of drug-likeness (QED) is 0.399. The Labute approximate surface area is 70.9 Å². The fourth-order valence-corrected chi connectivity index (χ4v) is 0.371. The molecule has 0 aliphatic rings. The summed E-state index contributed by atoms with van der Waals surface area (Å²) >= 11 is 0. The Bertz CT molecular complexity index is 135. The van der Waals surface area contributed by atoms with E-state index in [-0.39, 0.29) is 19.0 Å². The van der Waals surface area contributed by atoms with Crippen molar-refractivity contribution in [3.63, 3.8) is 0 Å². The summed E-state index contributed by atoms with van der Waals surface area (Å²) in [5, 5.41) is 8.01. The molecule has 0 atom stereocenters. The van der Waals surface area contributed by atoms with Crippen LogP contribution < -0.4 is 0 Å². The first-order valence-corrected chi connectivity index (χ1v) is 3.08. The number of carboxylic acids is 1. The van der Waals surface area contributed by atoms with E-state index >= 15 is 0 Å². The van der Waals surface area contributed by atoms with Crippen LogP contribution in [-0.4, -0.2) is 23.7 Å². The van der Waals surface area contributed by atoms with Crippen molar-refractivity contribution in [3.8, 4) is 0 Å². The van der Waals surface area contributed by atoms with Crippen LogP contribution in [0, 0.1) is 0 Å². The van der Waals surface area contributed by atoms with E-state index in [9.17, 15) is 9.59 Å². The number of hydrogen-bond donors (Lipinski definition) is 1. The predicted octanol–water partition coefficient (Wildman–Crippen LogP) is 0.836. The maximum Gasteiger partial charge on any atom is 0.417 e. The molecule has 66 valence electrons. The third-order valence-electron chi connectivity index (χ3n) is 0.906. The lowest BCUT2D eigenvalue weighted by Crippen LogP contribution is -2.16. The van der Waals surface area contributed by atoms with Crippen LogP contribution in [0.15, 0.2) is 0 Å². The minimum atomic E-state index is -1.53. The highest BCUT2D eigenvalue weighted by atomic mass is 35.5. The minimum absolute atomic E-state index is 0. The van der Waals surface area contributed by atoms with E-state index in [1.54, 1.807) is 0 Å². The van der Waals surface area contributed by atoms with Crippen LogP contribution in [0.1, 0.15) is 19.8 Å². The second-order valence-corrected chi connectivity index (χ2v) is 1.79. The zero-order valence-corrected chi connectivity index (χ0v) is 7.02. The minimum Gasteiger partial charge on any atom is -0.473 e. The Hall–Kier alpha value is -0.770. The third-order valence-corrected chi connectivity index (χ3v) is 0.906. The van der Waals surface area contributed by atoms with Crippen LogP contribution in [0.3, 0.4) is 0 Å². The molecule has 0 heterocycles. The van der Waals surface area contributed by atoms with Gasteiger partial charge >= 0.3 is 11.9 Å². The summed E-state index contributed by atoms with van der Waals surface area (Å²) < 4.78 is 4.31. The number of ether oxygens (including phenoxy) is 1. The maximum absolute atomic E-state index is 10.2. The number of rotatable bonds is 3. The van der Waals surface area contributed by atoms with Crippen LogP contribution >= 0.6 is 12.4 Å². The molecule has 0 unspecified atom stereocenters. The summed E-state index contributed by atoms with van der Waals surface area (Å²) in [6.07, 6.45) is 1.59. The van der Waals surface area contributed by atoms with Crippen molar-refractivity contribution in [2.75, 3.05) is 6.61 Å². The number of halogens is 1. The smallest absolute Gasteiger partial charge is 0.417 e. The van der Waals surface area contributed by atoms with E-state index in [0.717, 1.165) is 6.42 Å². The Kier molecular flexibility index (Phi) is 8.58. The molecule has 0 aliphatic heterocycles. The molecule has 11 heavy (non-hydrogen) atoms. The number of carbonyl (C=O) groups is 2. The average molecular weight is 183 g/mol. The van der Waals surface area contributed by atoms with Gasteiger partial charge in [-0.3, -0.25) is 0 Å². The molecule has 0 aromatic carbocycles. The normalized spacial score (nSPS) is 8.09. The highest BCUT2D eigenvalue weighted by Gasteiger charge is 2.11. The Morgan fingerprint density at radius 2 is 2.00 bits per heavy atom. The fourth-order valence-electron chi connectivity index (χ4n) is 0.371. The van der Waals surface area contributed by atoms with E-state index in [2.05, 4.69) is 4.74 Å². The van der Waals surface area contributed by atoms with Gasteiger partial charge in [-0.1, -0.05) is 13.3 Å². The van der Waals surface area contributed by atoms with Crippen LogP contribution in [0.25, 0.3) is 0 Å². The van der Waals surface area contributed by atoms with Gasteiger partial charge < -0.3 is 9.84 Å². The molecule has 0 radical (unpaired) electrons. The topological polar surface area (TPSA) is 63.6 Å². The molecule has 0 bridgehead atoms. The summed E-state index contributed by atoms with van der Waals surface area (Å²) in [4.78, 5) is 20.0. The molecule has 0 amide bonds. The summed E-state index contributed by atoms with van der Waals surface area (Å²) in [5.41, 5.74) is 0. The van der Waals surface area contributed by atoms with Crippen LogP contribution in [0.5, 0.6) is 0 Å². The van der Waals surface area contributed by atoms with Crippen molar-refractivity contribution in [1.82, 2.24) is 0 Å². The zero-order chi connectivity index (χ0) is 7.98. The molecule has 0 aliphatic carbocycles. The molecular weight excluding hydrogens is 172 g/mol. The second-order valence-electron chi connectivity index (χ2n) is 1.79. The van der Waals surface area contributed by atoms with Gasteiger partial charge in [0.1, 0.15) is 0 Å². The molecule has 1 N–H and O–H groups in total. The van der Waals surface area contributed by atoms with Crippen molar-refractivity contribution in [3.05, 3.63) is 0 Å². The number of hydrogen-bond acceptors (Lipinski definition) is 3. The van der Waals surface area contributed by atoms with Gasteiger partial charge in [0, 0.05) is 0 Å². The number of unbranched alkanes of at least 4 members (excludes halogenated alkanes) is 1. The van der Waals surface area contributed by atoms with Crippen LogP contribution in [-0.2, 0) is 14.3 Å². The summed E-state index contributed by atoms with van der Waals surface area (Å²) in [5.74, 6) is -2.70. The monoisotopic (exact) mass is 182 g/mol. The summed E-state index contributed by atoms with van der Waals surface area (Å²) in [6.45, 7) is 2.12. The molecule has 0 aromatic rings. The first kappa shape index (κ1) is 12.9. The Balaban J connectivity index is 0. The van der Waals surface area contributed by atoms with Gasteiger partial charge in [0.25, 0.3) is 0 Å². The molecular formula is C6H11ClO4. The van der Waals surface area contributed by atoms with E-state index in [0.29, 0.717) is 6.42 Å². The van der Waals surface area contributed by atoms with Crippen molar-refractivity contribution >= 4 is 24.3 Å². The lowest BCUT2D eigenvalue weighted by atomic mass is 10.4. The lowest BCUT2D eigenvalue weighted by Gasteiger charge is -1.97. The summed E-state index contributed by atoms with van der Waals surface area (Å²) in [6, 6.07) is 0. The van der Waals surface area contributed by atoms with E-state index in [1.807, 2.05) is 6.92 Å². The Morgan fingerprint density at radius 1 is 1.45 bits per heavy atom. The van der Waals surface area contributed by atoms with Gasteiger partial charge in [-0.05, 0) is 6.42 Å². The highest BCUT2D eigenvalue weighted by molar-refractivity contribution is 6.28. The van der Waals surface area contributed by atoms with E-state index < -0.39 is 11.9 Å². The molecule has 0 saturated carbocycles. The van der Waals surface area contributed by atoms with E-state index in [1.165, 1.54) is 0 Å². The van der Waals surface area contributed by atoms with Crippen LogP contribution in [0.2, 0.25) is 0 Å². The van der Waals surface area contributed by atoms with Gasteiger partial charge in [-0.2, -0.15) is 0 Å². The fraction of sp³-hybridized carbons (Fsp3) is 0.667. The van der Waals surface area contributed by atoms with Gasteiger partial charge in [0.15, 0.2) is 0 Å². The zero-order valence-electron chi connectivity index (χ0n) is 6.20. The summed E-state index contributed by atoms with van der Waals surface area (Å²) in [7, 11) is 0. The first-order chi connectivity index (χ1) is 4.68. The van der Waals surface area contributed by atoms with E-state index in [4.69, 9.17) is 5.11 Å². The van der Waals surface area contributed by atoms with Gasteiger partial charge in [-0.15, -0.1) is 12.4 Å². The van der Waals surface area contributed by atoms with Gasteiger partial charge in [0.05, 0.1) is 6.61 Å². The van der Waals surface area contributed by atoms with Gasteiger partial charge in [-0.25, -0.2) is 9.59 Å². The molecule has 0 saturated heterocycles. The SMILES string of the molecule is CCCCOC(=O)C(=O)O.Cl. The standard InChI is InChI=1S/C6H10O4.ClH/c1-2-3-4-10-6(9)5(7)8;/h2-4H2,1H3,(H,7,8);1H. The van der Waals surface area contributed by atoms with Crippen LogP contribution in [0.4, 0.5) is 0 Å². The molecule has 0 aromatic heterocycles. The number of carbonyl (C=O) groups excluding carboxylic acids is 1. The maximum atomic E-state index is 10.2. The molecule has 0 rings (SSSR count). The molecule has 0 fully saturated rings. The number of aliphatic carboxylic acids is 1. The molecule has 4 nitrogen and oxygen atoms in total. The van der Waals surface area contributed by atoms with Gasteiger partial charge in [0.2, 0.25) is 0 Å². The number of esters is 1. The lowest BCUT2D eigenvalue weighted by molar-refractivity contribution is -0.163. The van der Waals surface area contributed by atoms with Crippen molar-refractivity contribution in [1.29, 1.82) is 0 Å². The Morgan fingerprint density at radius 3 is 2.36 bits per heavy atom. The van der Waals surface area contributed by atoms with Crippen molar-refractivity contribution in [2.45, 2.75) is 19.8 Å². The van der Waals surface area contributed by atoms with Crippen molar-refractivity contribution in [2.24, 2.45) is 0 Å². The highest BCUT2D eigenvalue weighted by Crippen LogP contribution is 1.87. The first-order valence-electron chi connectivity index (χ1n) is 3.08. The molecule has 5 heteroatoms. The third kappa shape index (κ3) is 7.12. The molecule has 0 spiro atoms. The second kappa shape index (κ2) is 7.34. The largest absolute Gasteiger partial charge is 0.473 e.